The lowest BCUT2D eigenvalue weighted by molar-refractivity contribution is -0.137. The Kier molecular flexibility index (Phi) is 3.74. The summed E-state index contributed by atoms with van der Waals surface area (Å²) in [5.74, 6) is -1.46. The number of hydrogen-bond acceptors (Lipinski definition) is 3. The van der Waals surface area contributed by atoms with Gasteiger partial charge in [0.15, 0.2) is 0 Å². The number of carbonyl (C=O) groups is 2. The molecule has 0 saturated carbocycles. The van der Waals surface area contributed by atoms with Gasteiger partial charge in [-0.3, -0.25) is 4.79 Å². The molecule has 2 aromatic carbocycles. The molecule has 4 nitrogen and oxygen atoms in total. The fourth-order valence-electron chi connectivity index (χ4n) is 2.50. The summed E-state index contributed by atoms with van der Waals surface area (Å²) < 4.78 is 4.86. The normalized spacial score (nSPS) is 10.6. The van der Waals surface area contributed by atoms with Gasteiger partial charge in [-0.15, -0.1) is 0 Å². The van der Waals surface area contributed by atoms with Crippen LogP contribution < -0.4 is 0 Å². The molecule has 0 fully saturated rings. The number of esters is 1. The van der Waals surface area contributed by atoms with Gasteiger partial charge in [-0.05, 0) is 18.6 Å². The number of benzene rings is 2. The Balaban J connectivity index is 2.22. The molecule has 0 spiro atoms. The van der Waals surface area contributed by atoms with Gasteiger partial charge in [-0.1, -0.05) is 48.5 Å². The van der Waals surface area contributed by atoms with Crippen LogP contribution in [0.3, 0.4) is 0 Å². The Bertz CT molecular complexity index is 834. The van der Waals surface area contributed by atoms with Gasteiger partial charge in [0.05, 0.1) is 17.9 Å². The molecule has 110 valence electrons. The van der Waals surface area contributed by atoms with Gasteiger partial charge >= 0.3 is 5.97 Å². The third kappa shape index (κ3) is 2.39. The van der Waals surface area contributed by atoms with Crippen LogP contribution in [0.5, 0.6) is 0 Å². The van der Waals surface area contributed by atoms with Crippen molar-refractivity contribution in [1.82, 2.24) is 4.98 Å². The van der Waals surface area contributed by atoms with Crippen LogP contribution >= 0.6 is 0 Å². The van der Waals surface area contributed by atoms with Crippen molar-refractivity contribution in [2.75, 3.05) is 6.61 Å². The average molecular weight is 293 g/mol. The second kappa shape index (κ2) is 5.85. The zero-order chi connectivity index (χ0) is 15.5. The summed E-state index contributed by atoms with van der Waals surface area (Å²) in [5, 5.41) is 0.722. The van der Waals surface area contributed by atoms with E-state index in [0.717, 1.165) is 16.5 Å². The van der Waals surface area contributed by atoms with Crippen LogP contribution in [0.1, 0.15) is 17.3 Å². The molecule has 0 aliphatic rings. The number of fused-ring (bicyclic) bond motifs is 1. The van der Waals surface area contributed by atoms with Crippen LogP contribution in [0, 0.1) is 0 Å². The van der Waals surface area contributed by atoms with Crippen molar-refractivity contribution in [2.45, 2.75) is 6.92 Å². The molecule has 0 amide bonds. The van der Waals surface area contributed by atoms with E-state index in [4.69, 9.17) is 4.74 Å². The number of rotatable bonds is 4. The van der Waals surface area contributed by atoms with Gasteiger partial charge in [-0.25, -0.2) is 4.79 Å². The maximum atomic E-state index is 12.5. The summed E-state index contributed by atoms with van der Waals surface area (Å²) >= 11 is 0. The Morgan fingerprint density at radius 1 is 1.00 bits per heavy atom. The highest BCUT2D eigenvalue weighted by Crippen LogP contribution is 2.30. The Hall–Kier alpha value is -2.88. The van der Waals surface area contributed by atoms with Gasteiger partial charge in [0.2, 0.25) is 0 Å². The molecule has 0 aliphatic carbocycles. The molecule has 4 heteroatoms. The van der Waals surface area contributed by atoms with E-state index in [9.17, 15) is 9.59 Å². The predicted octanol–water partition coefficient (Wildman–Crippen LogP) is 3.58. The number of aromatic nitrogens is 1. The maximum Gasteiger partial charge on any atom is 0.379 e. The molecule has 1 heterocycles. The minimum absolute atomic E-state index is 0.174. The number of aromatic amines is 1. The van der Waals surface area contributed by atoms with E-state index in [1.54, 1.807) is 6.92 Å². The molecule has 0 aliphatic heterocycles. The highest BCUT2D eigenvalue weighted by Gasteiger charge is 2.25. The summed E-state index contributed by atoms with van der Waals surface area (Å²) in [6.07, 6.45) is 0. The van der Waals surface area contributed by atoms with E-state index >= 15 is 0 Å². The SMILES string of the molecule is CCOC(=O)C(=O)c1c(-c2ccccc2)[nH]c2ccccc12. The number of ether oxygens (including phenoxy) is 1. The molecule has 1 N–H and O–H groups in total. The van der Waals surface area contributed by atoms with E-state index < -0.39 is 11.8 Å². The standard InChI is InChI=1S/C18H15NO3/c1-2-22-18(21)17(20)15-13-10-6-7-11-14(13)19-16(15)12-8-4-3-5-9-12/h3-11,19H,2H2,1H3. The number of nitrogens with one attached hydrogen (secondary N) is 1. The van der Waals surface area contributed by atoms with E-state index in [-0.39, 0.29) is 6.61 Å². The fourth-order valence-corrected chi connectivity index (χ4v) is 2.50. The molecule has 1 aromatic heterocycles. The number of hydrogen-bond donors (Lipinski definition) is 1. The van der Waals surface area contributed by atoms with Gasteiger partial charge < -0.3 is 9.72 Å². The zero-order valence-electron chi connectivity index (χ0n) is 12.1. The summed E-state index contributed by atoms with van der Waals surface area (Å²) in [6.45, 7) is 1.85. The third-order valence-corrected chi connectivity index (χ3v) is 3.46. The molecular formula is C18H15NO3. The first kappa shape index (κ1) is 14.1. The third-order valence-electron chi connectivity index (χ3n) is 3.46. The highest BCUT2D eigenvalue weighted by molar-refractivity contribution is 6.44. The molecule has 3 rings (SSSR count). The minimum Gasteiger partial charge on any atom is -0.460 e. The zero-order valence-corrected chi connectivity index (χ0v) is 12.1. The Morgan fingerprint density at radius 3 is 2.41 bits per heavy atom. The average Bonchev–Trinajstić information content (AvgIpc) is 2.94. The Labute approximate surface area is 127 Å². The van der Waals surface area contributed by atoms with E-state index in [1.165, 1.54) is 0 Å². The molecule has 22 heavy (non-hydrogen) atoms. The van der Waals surface area contributed by atoms with Crippen molar-refractivity contribution in [3.8, 4) is 11.3 Å². The van der Waals surface area contributed by atoms with Crippen LogP contribution in [0.15, 0.2) is 54.6 Å². The van der Waals surface area contributed by atoms with Gasteiger partial charge in [0, 0.05) is 10.9 Å². The number of carbonyl (C=O) groups excluding carboxylic acids is 2. The van der Waals surface area contributed by atoms with Crippen LogP contribution in [0.25, 0.3) is 22.2 Å². The molecule has 3 aromatic rings. The summed E-state index contributed by atoms with van der Waals surface area (Å²) in [4.78, 5) is 27.6. The Morgan fingerprint density at radius 2 is 1.68 bits per heavy atom. The molecule has 0 saturated heterocycles. The van der Waals surface area contributed by atoms with Crippen molar-refractivity contribution in [2.24, 2.45) is 0 Å². The number of H-pyrrole nitrogens is 1. The number of ketones is 1. The molecule has 0 radical (unpaired) electrons. The molecule has 0 bridgehead atoms. The second-order valence-electron chi connectivity index (χ2n) is 4.84. The maximum absolute atomic E-state index is 12.5. The van der Waals surface area contributed by atoms with Gasteiger partial charge in [0.25, 0.3) is 5.78 Å². The molecule has 0 atom stereocenters. The summed E-state index contributed by atoms with van der Waals surface area (Å²) in [7, 11) is 0. The first-order valence-corrected chi connectivity index (χ1v) is 7.10. The number of Topliss-reactive ketones (excluding diaryl/α,β-unsaturated/α-hetero) is 1. The summed E-state index contributed by atoms with van der Waals surface area (Å²) in [5.41, 5.74) is 2.67. The lowest BCUT2D eigenvalue weighted by Gasteiger charge is -2.04. The van der Waals surface area contributed by atoms with E-state index in [2.05, 4.69) is 4.98 Å². The lowest BCUT2D eigenvalue weighted by atomic mass is 10.0. The van der Waals surface area contributed by atoms with Crippen molar-refractivity contribution in [1.29, 1.82) is 0 Å². The summed E-state index contributed by atoms with van der Waals surface area (Å²) in [6, 6.07) is 16.9. The first-order chi connectivity index (χ1) is 10.7. The molecular weight excluding hydrogens is 278 g/mol. The lowest BCUT2D eigenvalue weighted by Crippen LogP contribution is -2.18. The number of para-hydroxylation sites is 1. The minimum atomic E-state index is -0.829. The second-order valence-corrected chi connectivity index (χ2v) is 4.84. The van der Waals surface area contributed by atoms with Crippen molar-refractivity contribution < 1.29 is 14.3 Å². The monoisotopic (exact) mass is 293 g/mol. The fraction of sp³-hybridized carbons (Fsp3) is 0.111. The predicted molar refractivity (Wildman–Crippen MR) is 84.7 cm³/mol. The molecule has 0 unspecified atom stereocenters. The van der Waals surface area contributed by atoms with Crippen molar-refractivity contribution >= 4 is 22.7 Å². The van der Waals surface area contributed by atoms with Crippen LogP contribution in [0.2, 0.25) is 0 Å². The van der Waals surface area contributed by atoms with Gasteiger partial charge in [0.1, 0.15) is 0 Å². The van der Waals surface area contributed by atoms with Crippen LogP contribution in [0.4, 0.5) is 0 Å². The quantitative estimate of drug-likeness (QED) is 0.454. The van der Waals surface area contributed by atoms with Crippen LogP contribution in [-0.4, -0.2) is 23.3 Å². The smallest absolute Gasteiger partial charge is 0.379 e. The largest absolute Gasteiger partial charge is 0.460 e. The first-order valence-electron chi connectivity index (χ1n) is 7.10. The van der Waals surface area contributed by atoms with E-state index in [1.807, 2.05) is 54.6 Å². The highest BCUT2D eigenvalue weighted by atomic mass is 16.5. The topological polar surface area (TPSA) is 59.2 Å². The van der Waals surface area contributed by atoms with Gasteiger partial charge in [-0.2, -0.15) is 0 Å². The van der Waals surface area contributed by atoms with E-state index in [0.29, 0.717) is 11.3 Å². The van der Waals surface area contributed by atoms with Crippen molar-refractivity contribution in [3.63, 3.8) is 0 Å². The van der Waals surface area contributed by atoms with Crippen molar-refractivity contribution in [3.05, 3.63) is 60.2 Å². The van der Waals surface area contributed by atoms with Crippen LogP contribution in [-0.2, 0) is 9.53 Å².